The maximum absolute atomic E-state index is 13.3. The molecule has 0 heterocycles. The Bertz CT molecular complexity index is 325. The zero-order valence-electron chi connectivity index (χ0n) is 9.46. The Hall–Kier alpha value is -1.09. The van der Waals surface area contributed by atoms with Gasteiger partial charge in [-0.25, -0.2) is 4.39 Å². The lowest BCUT2D eigenvalue weighted by atomic mass is 10.1. The molecule has 2 atom stereocenters. The molecular weight excluding hydrogens is 193 g/mol. The number of rotatable bonds is 4. The van der Waals surface area contributed by atoms with Crippen molar-refractivity contribution in [1.82, 2.24) is 0 Å². The SMILES string of the molecule is Cc1ccc(F)c(OC(C)CC(C)N)c1. The van der Waals surface area contributed by atoms with Crippen molar-refractivity contribution in [3.8, 4) is 5.75 Å². The van der Waals surface area contributed by atoms with Crippen LogP contribution >= 0.6 is 0 Å². The fourth-order valence-electron chi connectivity index (χ4n) is 1.49. The number of benzene rings is 1. The smallest absolute Gasteiger partial charge is 0.165 e. The first-order chi connectivity index (χ1) is 6.99. The highest BCUT2D eigenvalue weighted by atomic mass is 19.1. The summed E-state index contributed by atoms with van der Waals surface area (Å²) in [6.07, 6.45) is 0.647. The van der Waals surface area contributed by atoms with Crippen molar-refractivity contribution in [3.05, 3.63) is 29.6 Å². The Morgan fingerprint density at radius 1 is 1.40 bits per heavy atom. The zero-order valence-corrected chi connectivity index (χ0v) is 9.46. The first-order valence-electron chi connectivity index (χ1n) is 5.17. The fourth-order valence-corrected chi connectivity index (χ4v) is 1.49. The summed E-state index contributed by atoms with van der Waals surface area (Å²) in [6, 6.07) is 4.90. The molecule has 15 heavy (non-hydrogen) atoms. The van der Waals surface area contributed by atoms with Gasteiger partial charge in [0.2, 0.25) is 0 Å². The molecule has 2 N–H and O–H groups in total. The highest BCUT2D eigenvalue weighted by Crippen LogP contribution is 2.20. The zero-order chi connectivity index (χ0) is 11.4. The molecule has 2 unspecified atom stereocenters. The Morgan fingerprint density at radius 2 is 2.07 bits per heavy atom. The molecule has 0 bridgehead atoms. The van der Waals surface area contributed by atoms with Crippen molar-refractivity contribution >= 4 is 0 Å². The lowest BCUT2D eigenvalue weighted by molar-refractivity contribution is 0.194. The molecule has 2 nitrogen and oxygen atoms in total. The van der Waals surface area contributed by atoms with Gasteiger partial charge in [-0.2, -0.15) is 0 Å². The third-order valence-corrected chi connectivity index (χ3v) is 2.12. The highest BCUT2D eigenvalue weighted by molar-refractivity contribution is 5.29. The molecule has 84 valence electrons. The average molecular weight is 211 g/mol. The first-order valence-corrected chi connectivity index (χ1v) is 5.17. The van der Waals surface area contributed by atoms with Crippen LogP contribution in [0, 0.1) is 12.7 Å². The van der Waals surface area contributed by atoms with Crippen LogP contribution in [0.15, 0.2) is 18.2 Å². The number of nitrogens with two attached hydrogens (primary N) is 1. The number of hydrogen-bond acceptors (Lipinski definition) is 2. The molecule has 1 aromatic carbocycles. The number of halogens is 1. The second-order valence-corrected chi connectivity index (χ2v) is 4.08. The van der Waals surface area contributed by atoms with Crippen LogP contribution in [0.2, 0.25) is 0 Å². The lowest BCUT2D eigenvalue weighted by Crippen LogP contribution is -2.24. The Kier molecular flexibility index (Phi) is 4.09. The van der Waals surface area contributed by atoms with Gasteiger partial charge in [-0.05, 0) is 44.9 Å². The van der Waals surface area contributed by atoms with Crippen LogP contribution in [-0.2, 0) is 0 Å². The molecule has 0 amide bonds. The van der Waals surface area contributed by atoms with Crippen molar-refractivity contribution in [2.75, 3.05) is 0 Å². The van der Waals surface area contributed by atoms with E-state index in [0.717, 1.165) is 5.56 Å². The molecule has 3 heteroatoms. The average Bonchev–Trinajstić information content (AvgIpc) is 2.10. The van der Waals surface area contributed by atoms with Gasteiger partial charge in [-0.3, -0.25) is 0 Å². The predicted molar refractivity (Wildman–Crippen MR) is 59.5 cm³/mol. The molecule has 0 fully saturated rings. The van der Waals surface area contributed by atoms with E-state index in [9.17, 15) is 4.39 Å². The minimum absolute atomic E-state index is 0.0628. The summed E-state index contributed by atoms with van der Waals surface area (Å²) in [7, 11) is 0. The predicted octanol–water partition coefficient (Wildman–Crippen LogP) is 2.64. The molecule has 0 radical (unpaired) electrons. The molecule has 0 spiro atoms. The van der Waals surface area contributed by atoms with E-state index in [-0.39, 0.29) is 18.0 Å². The Balaban J connectivity index is 2.67. The minimum atomic E-state index is -0.322. The van der Waals surface area contributed by atoms with Gasteiger partial charge in [0.05, 0.1) is 6.10 Å². The van der Waals surface area contributed by atoms with E-state index in [0.29, 0.717) is 12.2 Å². The van der Waals surface area contributed by atoms with Crippen LogP contribution in [0.1, 0.15) is 25.8 Å². The van der Waals surface area contributed by atoms with E-state index < -0.39 is 0 Å². The topological polar surface area (TPSA) is 35.2 Å². The first kappa shape index (κ1) is 12.0. The van der Waals surface area contributed by atoms with Crippen LogP contribution in [-0.4, -0.2) is 12.1 Å². The van der Waals surface area contributed by atoms with E-state index in [1.165, 1.54) is 6.07 Å². The minimum Gasteiger partial charge on any atom is -0.488 e. The van der Waals surface area contributed by atoms with E-state index in [1.54, 1.807) is 12.1 Å². The van der Waals surface area contributed by atoms with Crippen LogP contribution in [0.4, 0.5) is 4.39 Å². The molecule has 1 rings (SSSR count). The molecule has 1 aromatic rings. The maximum atomic E-state index is 13.3. The van der Waals surface area contributed by atoms with Gasteiger partial charge < -0.3 is 10.5 Å². The van der Waals surface area contributed by atoms with Crippen LogP contribution in [0.5, 0.6) is 5.75 Å². The second kappa shape index (κ2) is 5.12. The maximum Gasteiger partial charge on any atom is 0.165 e. The summed E-state index contributed by atoms with van der Waals surface area (Å²) in [5.41, 5.74) is 6.63. The van der Waals surface area contributed by atoms with E-state index in [4.69, 9.17) is 10.5 Å². The Morgan fingerprint density at radius 3 is 2.67 bits per heavy atom. The third-order valence-electron chi connectivity index (χ3n) is 2.12. The van der Waals surface area contributed by atoms with E-state index >= 15 is 0 Å². The summed E-state index contributed by atoms with van der Waals surface area (Å²) < 4.78 is 18.8. The highest BCUT2D eigenvalue weighted by Gasteiger charge is 2.10. The summed E-state index contributed by atoms with van der Waals surface area (Å²) in [4.78, 5) is 0. The normalized spacial score (nSPS) is 14.7. The van der Waals surface area contributed by atoms with Crippen molar-refractivity contribution in [2.45, 2.75) is 39.3 Å². The molecule has 0 aliphatic carbocycles. The second-order valence-electron chi connectivity index (χ2n) is 4.08. The third kappa shape index (κ3) is 3.88. The monoisotopic (exact) mass is 211 g/mol. The van der Waals surface area contributed by atoms with Gasteiger partial charge in [0, 0.05) is 6.04 Å². The number of aryl methyl sites for hydroxylation is 1. The quantitative estimate of drug-likeness (QED) is 0.831. The van der Waals surface area contributed by atoms with Crippen LogP contribution in [0.3, 0.4) is 0 Å². The molecule has 0 saturated carbocycles. The number of hydrogen-bond donors (Lipinski definition) is 1. The van der Waals surface area contributed by atoms with Crippen molar-refractivity contribution in [1.29, 1.82) is 0 Å². The van der Waals surface area contributed by atoms with Gasteiger partial charge in [0.25, 0.3) is 0 Å². The standard InChI is InChI=1S/C12H18FNO/c1-8-4-5-11(13)12(6-8)15-10(3)7-9(2)14/h4-6,9-10H,7,14H2,1-3H3. The summed E-state index contributed by atoms with van der Waals surface area (Å²) >= 11 is 0. The summed E-state index contributed by atoms with van der Waals surface area (Å²) in [5.74, 6) is -0.0136. The Labute approximate surface area is 90.2 Å². The van der Waals surface area contributed by atoms with Crippen molar-refractivity contribution in [3.63, 3.8) is 0 Å². The van der Waals surface area contributed by atoms with Crippen molar-refractivity contribution in [2.24, 2.45) is 5.73 Å². The molecular formula is C12H18FNO. The van der Waals surface area contributed by atoms with Gasteiger partial charge in [-0.15, -0.1) is 0 Å². The molecule has 0 aromatic heterocycles. The summed E-state index contributed by atoms with van der Waals surface area (Å²) in [6.45, 7) is 5.71. The lowest BCUT2D eigenvalue weighted by Gasteiger charge is -2.17. The van der Waals surface area contributed by atoms with Gasteiger partial charge >= 0.3 is 0 Å². The van der Waals surface area contributed by atoms with E-state index in [1.807, 2.05) is 20.8 Å². The molecule has 0 aliphatic rings. The van der Waals surface area contributed by atoms with Gasteiger partial charge in [0.1, 0.15) is 0 Å². The molecule has 0 saturated heterocycles. The number of ether oxygens (including phenoxy) is 1. The largest absolute Gasteiger partial charge is 0.488 e. The van der Waals surface area contributed by atoms with Gasteiger partial charge in [-0.1, -0.05) is 6.07 Å². The van der Waals surface area contributed by atoms with Crippen molar-refractivity contribution < 1.29 is 9.13 Å². The summed E-state index contributed by atoms with van der Waals surface area (Å²) in [5, 5.41) is 0. The van der Waals surface area contributed by atoms with Crippen LogP contribution in [0.25, 0.3) is 0 Å². The van der Waals surface area contributed by atoms with E-state index in [2.05, 4.69) is 0 Å². The fraction of sp³-hybridized carbons (Fsp3) is 0.500. The molecule has 0 aliphatic heterocycles. The van der Waals surface area contributed by atoms with Crippen LogP contribution < -0.4 is 10.5 Å². The van der Waals surface area contributed by atoms with Gasteiger partial charge in [0.15, 0.2) is 11.6 Å².